The lowest BCUT2D eigenvalue weighted by molar-refractivity contribution is -0.122. The zero-order valence-electron chi connectivity index (χ0n) is 17.3. The smallest absolute Gasteiger partial charge is 0.337 e. The van der Waals surface area contributed by atoms with E-state index in [0.717, 1.165) is 6.07 Å². The van der Waals surface area contributed by atoms with Crippen molar-refractivity contribution in [2.45, 2.75) is 0 Å². The Morgan fingerprint density at radius 2 is 1.81 bits per heavy atom. The maximum Gasteiger partial charge on any atom is 0.337 e. The molecule has 10 heteroatoms. The molecule has 1 aliphatic heterocycles. The fraction of sp³-hybridized carbons (Fsp3) is 0.318. The van der Waals surface area contributed by atoms with Gasteiger partial charge in [0.2, 0.25) is 5.91 Å². The number of carbonyl (C=O) groups excluding carboxylic acids is 2. The van der Waals surface area contributed by atoms with Gasteiger partial charge in [0, 0.05) is 49.9 Å². The van der Waals surface area contributed by atoms with E-state index in [1.165, 1.54) is 30.3 Å². The standard InChI is InChI=1S/C22H24ClFN4O4/c23-6-7-25-20(29)14-27-8-10-28(11-9-27)17-4-5-19(18(13-17)22(31)32)26-21(30)15-2-1-3-16(24)12-15/h1-5,12-13H,6-11,14H2,(H,25,29)(H,26,30)(H,31,32). The number of halogens is 2. The Labute approximate surface area is 189 Å². The molecule has 0 saturated carbocycles. The first-order valence-electron chi connectivity index (χ1n) is 10.1. The van der Waals surface area contributed by atoms with Crippen molar-refractivity contribution in [1.29, 1.82) is 0 Å². The van der Waals surface area contributed by atoms with Crippen molar-refractivity contribution in [2.75, 3.05) is 55.4 Å². The van der Waals surface area contributed by atoms with Crippen LogP contribution >= 0.6 is 11.6 Å². The van der Waals surface area contributed by atoms with Crippen molar-refractivity contribution < 1.29 is 23.9 Å². The van der Waals surface area contributed by atoms with E-state index >= 15 is 0 Å². The van der Waals surface area contributed by atoms with Gasteiger partial charge in [0.25, 0.3) is 5.91 Å². The molecule has 0 atom stereocenters. The first kappa shape index (κ1) is 23.5. The van der Waals surface area contributed by atoms with Crippen LogP contribution in [0.15, 0.2) is 42.5 Å². The predicted octanol–water partition coefficient (Wildman–Crippen LogP) is 2.25. The van der Waals surface area contributed by atoms with Gasteiger partial charge in [0.15, 0.2) is 0 Å². The Balaban J connectivity index is 1.65. The van der Waals surface area contributed by atoms with Gasteiger partial charge in [0.1, 0.15) is 5.82 Å². The number of nitrogens with zero attached hydrogens (tertiary/aromatic N) is 2. The number of anilines is 2. The van der Waals surface area contributed by atoms with Gasteiger partial charge < -0.3 is 20.6 Å². The molecular formula is C22H24ClFN4O4. The van der Waals surface area contributed by atoms with Crippen LogP contribution in [0.3, 0.4) is 0 Å². The summed E-state index contributed by atoms with van der Waals surface area (Å²) in [6.45, 7) is 3.26. The molecule has 32 heavy (non-hydrogen) atoms. The van der Waals surface area contributed by atoms with E-state index in [1.807, 2.05) is 9.80 Å². The van der Waals surface area contributed by atoms with Crippen LogP contribution in [-0.2, 0) is 4.79 Å². The molecule has 0 spiro atoms. The quantitative estimate of drug-likeness (QED) is 0.520. The summed E-state index contributed by atoms with van der Waals surface area (Å²) in [6, 6.07) is 9.93. The topological polar surface area (TPSA) is 102 Å². The fourth-order valence-electron chi connectivity index (χ4n) is 3.45. The van der Waals surface area contributed by atoms with Gasteiger partial charge in [-0.05, 0) is 36.4 Å². The van der Waals surface area contributed by atoms with E-state index in [9.17, 15) is 23.9 Å². The Morgan fingerprint density at radius 3 is 2.47 bits per heavy atom. The number of piperazine rings is 1. The van der Waals surface area contributed by atoms with Crippen molar-refractivity contribution in [3.63, 3.8) is 0 Å². The zero-order chi connectivity index (χ0) is 23.1. The third-order valence-electron chi connectivity index (χ3n) is 5.09. The molecule has 0 aromatic heterocycles. The van der Waals surface area contributed by atoms with Gasteiger partial charge in [-0.15, -0.1) is 11.6 Å². The second kappa shape index (κ2) is 10.9. The highest BCUT2D eigenvalue weighted by Crippen LogP contribution is 2.25. The molecule has 3 N–H and O–H groups in total. The number of hydrogen-bond acceptors (Lipinski definition) is 5. The van der Waals surface area contributed by atoms with E-state index in [4.69, 9.17) is 11.6 Å². The van der Waals surface area contributed by atoms with Gasteiger partial charge in [-0.2, -0.15) is 0 Å². The van der Waals surface area contributed by atoms with Crippen LogP contribution in [0.5, 0.6) is 0 Å². The molecule has 2 aromatic carbocycles. The minimum Gasteiger partial charge on any atom is -0.478 e. The van der Waals surface area contributed by atoms with Crippen LogP contribution in [0.2, 0.25) is 0 Å². The second-order valence-electron chi connectivity index (χ2n) is 7.30. The normalized spacial score (nSPS) is 14.1. The summed E-state index contributed by atoms with van der Waals surface area (Å²) in [4.78, 5) is 40.1. The Morgan fingerprint density at radius 1 is 1.06 bits per heavy atom. The molecular weight excluding hydrogens is 439 g/mol. The van der Waals surface area contributed by atoms with Crippen LogP contribution in [0.25, 0.3) is 0 Å². The SMILES string of the molecule is O=C(CN1CCN(c2ccc(NC(=O)c3cccc(F)c3)c(C(=O)O)c2)CC1)NCCCl. The van der Waals surface area contributed by atoms with Crippen molar-refractivity contribution >= 4 is 40.8 Å². The molecule has 1 fully saturated rings. The van der Waals surface area contributed by atoms with Gasteiger partial charge in [0.05, 0.1) is 17.8 Å². The Hall–Kier alpha value is -3.17. The monoisotopic (exact) mass is 462 g/mol. The average molecular weight is 463 g/mol. The summed E-state index contributed by atoms with van der Waals surface area (Å²) < 4.78 is 13.4. The molecule has 0 aliphatic carbocycles. The van der Waals surface area contributed by atoms with E-state index < -0.39 is 17.7 Å². The van der Waals surface area contributed by atoms with Crippen molar-refractivity contribution in [3.05, 3.63) is 59.4 Å². The highest BCUT2D eigenvalue weighted by molar-refractivity contribution is 6.18. The summed E-state index contributed by atoms with van der Waals surface area (Å²) in [5.41, 5.74) is 0.870. The van der Waals surface area contributed by atoms with Crippen molar-refractivity contribution in [3.8, 4) is 0 Å². The summed E-state index contributed by atoms with van der Waals surface area (Å²) in [5, 5.41) is 14.9. The number of carboxylic acids is 1. The number of alkyl halides is 1. The van der Waals surface area contributed by atoms with Gasteiger partial charge in [-0.3, -0.25) is 14.5 Å². The maximum absolute atomic E-state index is 13.4. The van der Waals surface area contributed by atoms with Crippen molar-refractivity contribution in [1.82, 2.24) is 10.2 Å². The second-order valence-corrected chi connectivity index (χ2v) is 7.68. The number of carbonyl (C=O) groups is 3. The minimum absolute atomic E-state index is 0.0601. The van der Waals surface area contributed by atoms with Crippen LogP contribution in [-0.4, -0.2) is 72.9 Å². The van der Waals surface area contributed by atoms with Crippen LogP contribution in [0.4, 0.5) is 15.8 Å². The first-order valence-corrected chi connectivity index (χ1v) is 10.6. The van der Waals surface area contributed by atoms with E-state index in [0.29, 0.717) is 44.3 Å². The molecule has 0 radical (unpaired) electrons. The van der Waals surface area contributed by atoms with Crippen LogP contribution in [0, 0.1) is 5.82 Å². The number of nitrogens with one attached hydrogen (secondary N) is 2. The first-order chi connectivity index (χ1) is 15.4. The van der Waals surface area contributed by atoms with Gasteiger partial charge in [-0.1, -0.05) is 6.07 Å². The van der Waals surface area contributed by atoms with Crippen LogP contribution in [0.1, 0.15) is 20.7 Å². The van der Waals surface area contributed by atoms with Crippen molar-refractivity contribution in [2.24, 2.45) is 0 Å². The lowest BCUT2D eigenvalue weighted by Gasteiger charge is -2.36. The molecule has 170 valence electrons. The highest BCUT2D eigenvalue weighted by atomic mass is 35.5. The predicted molar refractivity (Wildman–Crippen MR) is 120 cm³/mol. The molecule has 2 amide bonds. The molecule has 1 heterocycles. The Bertz CT molecular complexity index is 996. The molecule has 1 aliphatic rings. The summed E-state index contributed by atoms with van der Waals surface area (Å²) in [6.07, 6.45) is 0. The number of aromatic carboxylic acids is 1. The Kier molecular flexibility index (Phi) is 8.02. The van der Waals surface area contributed by atoms with E-state index in [-0.39, 0.29) is 29.3 Å². The third-order valence-corrected chi connectivity index (χ3v) is 5.28. The summed E-state index contributed by atoms with van der Waals surface area (Å²) >= 11 is 5.57. The van der Waals surface area contributed by atoms with Gasteiger partial charge >= 0.3 is 5.97 Å². The maximum atomic E-state index is 13.4. The highest BCUT2D eigenvalue weighted by Gasteiger charge is 2.21. The lowest BCUT2D eigenvalue weighted by Crippen LogP contribution is -2.49. The average Bonchev–Trinajstić information content (AvgIpc) is 2.78. The van der Waals surface area contributed by atoms with Crippen LogP contribution < -0.4 is 15.5 Å². The zero-order valence-corrected chi connectivity index (χ0v) is 18.1. The van der Waals surface area contributed by atoms with Gasteiger partial charge in [-0.25, -0.2) is 9.18 Å². The third kappa shape index (κ3) is 6.18. The largest absolute Gasteiger partial charge is 0.478 e. The lowest BCUT2D eigenvalue weighted by atomic mass is 10.1. The summed E-state index contributed by atoms with van der Waals surface area (Å²) in [5.74, 6) is -2.05. The molecule has 0 bridgehead atoms. The molecule has 2 aromatic rings. The van der Waals surface area contributed by atoms with E-state index in [1.54, 1.807) is 6.07 Å². The number of amides is 2. The molecule has 1 saturated heterocycles. The minimum atomic E-state index is -1.18. The number of hydrogen-bond donors (Lipinski definition) is 3. The summed E-state index contributed by atoms with van der Waals surface area (Å²) in [7, 11) is 0. The fourth-order valence-corrected chi connectivity index (χ4v) is 3.54. The molecule has 3 rings (SSSR count). The van der Waals surface area contributed by atoms with E-state index in [2.05, 4.69) is 10.6 Å². The molecule has 8 nitrogen and oxygen atoms in total. The molecule has 0 unspecified atom stereocenters. The number of carboxylic acid groups (broad SMARTS) is 1. The number of benzene rings is 2. The number of rotatable bonds is 8.